The quantitative estimate of drug-likeness (QED) is 0.792. The van der Waals surface area contributed by atoms with Crippen LogP contribution in [-0.2, 0) is 22.4 Å². The summed E-state index contributed by atoms with van der Waals surface area (Å²) in [6, 6.07) is 12.8. The van der Waals surface area contributed by atoms with E-state index in [1.54, 1.807) is 23.1 Å². The second-order valence-corrected chi connectivity index (χ2v) is 8.16. The molecule has 0 spiro atoms. The van der Waals surface area contributed by atoms with Crippen molar-refractivity contribution in [3.63, 3.8) is 0 Å². The number of anilines is 1. The standard InChI is InChI=1S/C24H28FN3O2/c1-17(19-11-10-18-6-2-3-7-20(18)16-19)26-23(29)24(30)28-14-12-27(13-15-28)22-9-5-4-8-21(22)25/h4-5,8-11,16-17H,2-3,6-7,12-15H2,1H3,(H,26,29). The summed E-state index contributed by atoms with van der Waals surface area (Å²) >= 11 is 0. The summed E-state index contributed by atoms with van der Waals surface area (Å²) in [7, 11) is 0. The Morgan fingerprint density at radius 2 is 1.67 bits per heavy atom. The van der Waals surface area contributed by atoms with Crippen molar-refractivity contribution < 1.29 is 14.0 Å². The number of amides is 2. The monoisotopic (exact) mass is 409 g/mol. The van der Waals surface area contributed by atoms with Crippen LogP contribution in [0.5, 0.6) is 0 Å². The van der Waals surface area contributed by atoms with Crippen LogP contribution in [0.2, 0.25) is 0 Å². The minimum Gasteiger partial charge on any atom is -0.366 e. The summed E-state index contributed by atoms with van der Waals surface area (Å²) in [5.41, 5.74) is 4.32. The smallest absolute Gasteiger partial charge is 0.312 e. The number of piperazine rings is 1. The van der Waals surface area contributed by atoms with Crippen LogP contribution in [0.4, 0.5) is 10.1 Å². The summed E-state index contributed by atoms with van der Waals surface area (Å²) in [5, 5.41) is 2.85. The Morgan fingerprint density at radius 3 is 2.40 bits per heavy atom. The van der Waals surface area contributed by atoms with Crippen molar-refractivity contribution in [2.24, 2.45) is 0 Å². The Morgan fingerprint density at radius 1 is 0.967 bits per heavy atom. The van der Waals surface area contributed by atoms with Gasteiger partial charge in [0.1, 0.15) is 5.82 Å². The summed E-state index contributed by atoms with van der Waals surface area (Å²) in [4.78, 5) is 28.6. The van der Waals surface area contributed by atoms with E-state index in [1.807, 2.05) is 17.9 Å². The Kier molecular flexibility index (Phi) is 6.02. The molecule has 1 saturated heterocycles. The fourth-order valence-electron chi connectivity index (χ4n) is 4.37. The molecule has 0 bridgehead atoms. The van der Waals surface area contributed by atoms with Gasteiger partial charge in [0.15, 0.2) is 0 Å². The third-order valence-corrected chi connectivity index (χ3v) is 6.17. The van der Waals surface area contributed by atoms with E-state index in [0.29, 0.717) is 31.9 Å². The number of nitrogens with one attached hydrogen (secondary N) is 1. The van der Waals surface area contributed by atoms with Gasteiger partial charge in [0.05, 0.1) is 11.7 Å². The lowest BCUT2D eigenvalue weighted by Crippen LogP contribution is -2.53. The number of hydrogen-bond acceptors (Lipinski definition) is 3. The van der Waals surface area contributed by atoms with Gasteiger partial charge in [0, 0.05) is 26.2 Å². The van der Waals surface area contributed by atoms with Crippen molar-refractivity contribution in [2.45, 2.75) is 38.6 Å². The van der Waals surface area contributed by atoms with Crippen molar-refractivity contribution in [3.8, 4) is 0 Å². The molecule has 1 unspecified atom stereocenters. The van der Waals surface area contributed by atoms with Gasteiger partial charge in [-0.25, -0.2) is 4.39 Å². The van der Waals surface area contributed by atoms with E-state index in [0.717, 1.165) is 18.4 Å². The summed E-state index contributed by atoms with van der Waals surface area (Å²) in [5.74, 6) is -1.37. The SMILES string of the molecule is CC(NC(=O)C(=O)N1CCN(c2ccccc2F)CC1)c1ccc2c(c1)CCCC2. The zero-order valence-electron chi connectivity index (χ0n) is 17.4. The molecule has 1 aliphatic carbocycles. The second-order valence-electron chi connectivity index (χ2n) is 8.16. The summed E-state index contributed by atoms with van der Waals surface area (Å²) < 4.78 is 14.0. The van der Waals surface area contributed by atoms with Gasteiger partial charge in [-0.3, -0.25) is 9.59 Å². The molecule has 2 aliphatic rings. The molecule has 2 aromatic carbocycles. The molecular weight excluding hydrogens is 381 g/mol. The van der Waals surface area contributed by atoms with Gasteiger partial charge >= 0.3 is 11.8 Å². The molecule has 1 fully saturated rings. The molecule has 1 N–H and O–H groups in total. The zero-order chi connectivity index (χ0) is 21.1. The average Bonchev–Trinajstić information content (AvgIpc) is 2.78. The highest BCUT2D eigenvalue weighted by atomic mass is 19.1. The Bertz CT molecular complexity index is 938. The molecule has 6 heteroatoms. The fourth-order valence-corrected chi connectivity index (χ4v) is 4.37. The van der Waals surface area contributed by atoms with Crippen molar-refractivity contribution >= 4 is 17.5 Å². The third kappa shape index (κ3) is 4.32. The second kappa shape index (κ2) is 8.86. The van der Waals surface area contributed by atoms with Crippen LogP contribution in [0.1, 0.15) is 42.5 Å². The molecule has 158 valence electrons. The first kappa shape index (κ1) is 20.4. The predicted molar refractivity (Wildman–Crippen MR) is 115 cm³/mol. The first-order valence-corrected chi connectivity index (χ1v) is 10.7. The number of benzene rings is 2. The molecule has 1 heterocycles. The maximum Gasteiger partial charge on any atom is 0.312 e. The largest absolute Gasteiger partial charge is 0.366 e. The van der Waals surface area contributed by atoms with Crippen LogP contribution in [0.3, 0.4) is 0 Å². The number of nitrogens with zero attached hydrogens (tertiary/aromatic N) is 2. The van der Waals surface area contributed by atoms with E-state index in [1.165, 1.54) is 30.0 Å². The van der Waals surface area contributed by atoms with Crippen LogP contribution in [0.25, 0.3) is 0 Å². The number of carbonyl (C=O) groups is 2. The van der Waals surface area contributed by atoms with Crippen LogP contribution in [0, 0.1) is 5.82 Å². The predicted octanol–water partition coefficient (Wildman–Crippen LogP) is 3.23. The minimum absolute atomic E-state index is 0.228. The number of hydrogen-bond donors (Lipinski definition) is 1. The highest BCUT2D eigenvalue weighted by Gasteiger charge is 2.28. The van der Waals surface area contributed by atoms with Crippen LogP contribution in [-0.4, -0.2) is 42.9 Å². The first-order chi connectivity index (χ1) is 14.5. The summed E-state index contributed by atoms with van der Waals surface area (Å²) in [6.45, 7) is 3.70. The fraction of sp³-hybridized carbons (Fsp3) is 0.417. The third-order valence-electron chi connectivity index (χ3n) is 6.17. The van der Waals surface area contributed by atoms with E-state index < -0.39 is 11.8 Å². The molecule has 1 atom stereocenters. The number of para-hydroxylation sites is 1. The average molecular weight is 410 g/mol. The number of halogens is 1. The van der Waals surface area contributed by atoms with Gasteiger partial charge < -0.3 is 15.1 Å². The molecule has 0 radical (unpaired) electrons. The van der Waals surface area contributed by atoms with Gasteiger partial charge in [-0.1, -0.05) is 30.3 Å². The lowest BCUT2D eigenvalue weighted by Gasteiger charge is -2.36. The van der Waals surface area contributed by atoms with Crippen LogP contribution < -0.4 is 10.2 Å². The van der Waals surface area contributed by atoms with Gasteiger partial charge in [-0.05, 0) is 61.4 Å². The molecule has 5 nitrogen and oxygen atoms in total. The number of fused-ring (bicyclic) bond motifs is 1. The molecule has 0 aromatic heterocycles. The molecule has 1 aliphatic heterocycles. The Labute approximate surface area is 176 Å². The first-order valence-electron chi connectivity index (χ1n) is 10.7. The highest BCUT2D eigenvalue weighted by Crippen LogP contribution is 2.25. The molecule has 4 rings (SSSR count). The summed E-state index contributed by atoms with van der Waals surface area (Å²) in [6.07, 6.45) is 4.63. The lowest BCUT2D eigenvalue weighted by molar-refractivity contribution is -0.146. The van der Waals surface area contributed by atoms with E-state index in [2.05, 4.69) is 17.4 Å². The van der Waals surface area contributed by atoms with E-state index in [4.69, 9.17) is 0 Å². The van der Waals surface area contributed by atoms with Crippen molar-refractivity contribution in [1.29, 1.82) is 0 Å². The number of aryl methyl sites for hydroxylation is 2. The Hall–Kier alpha value is -2.89. The molecule has 2 amide bonds. The van der Waals surface area contributed by atoms with E-state index >= 15 is 0 Å². The number of carbonyl (C=O) groups excluding carboxylic acids is 2. The zero-order valence-corrected chi connectivity index (χ0v) is 17.4. The van der Waals surface area contributed by atoms with E-state index in [9.17, 15) is 14.0 Å². The maximum absolute atomic E-state index is 14.0. The maximum atomic E-state index is 14.0. The normalized spacial score (nSPS) is 17.3. The van der Waals surface area contributed by atoms with Crippen molar-refractivity contribution in [2.75, 3.05) is 31.1 Å². The van der Waals surface area contributed by atoms with Gasteiger partial charge in [0.25, 0.3) is 0 Å². The van der Waals surface area contributed by atoms with Crippen LogP contribution >= 0.6 is 0 Å². The molecule has 30 heavy (non-hydrogen) atoms. The van der Waals surface area contributed by atoms with Crippen molar-refractivity contribution in [1.82, 2.24) is 10.2 Å². The lowest BCUT2D eigenvalue weighted by atomic mass is 9.89. The molecule has 2 aromatic rings. The van der Waals surface area contributed by atoms with Gasteiger partial charge in [-0.2, -0.15) is 0 Å². The minimum atomic E-state index is -0.584. The molecular formula is C24H28FN3O2. The topological polar surface area (TPSA) is 52.7 Å². The van der Waals surface area contributed by atoms with E-state index in [-0.39, 0.29) is 11.9 Å². The van der Waals surface area contributed by atoms with Crippen molar-refractivity contribution in [3.05, 3.63) is 65.0 Å². The van der Waals surface area contributed by atoms with Gasteiger partial charge in [0.2, 0.25) is 0 Å². The van der Waals surface area contributed by atoms with Gasteiger partial charge in [-0.15, -0.1) is 0 Å². The highest BCUT2D eigenvalue weighted by molar-refractivity contribution is 6.35. The molecule has 0 saturated carbocycles. The van der Waals surface area contributed by atoms with Crippen LogP contribution in [0.15, 0.2) is 42.5 Å². The Balaban J connectivity index is 1.33. The number of rotatable bonds is 3.